The molecular formula is C19H28N2. The summed E-state index contributed by atoms with van der Waals surface area (Å²) in [5, 5.41) is 3.88. The summed E-state index contributed by atoms with van der Waals surface area (Å²) in [5.41, 5.74) is 4.67. The van der Waals surface area contributed by atoms with Crippen LogP contribution in [0.25, 0.3) is 0 Å². The Morgan fingerprint density at radius 3 is 2.57 bits per heavy atom. The summed E-state index contributed by atoms with van der Waals surface area (Å²) in [6.45, 7) is 4.95. The van der Waals surface area contributed by atoms with Crippen LogP contribution in [0.1, 0.15) is 61.8 Å². The van der Waals surface area contributed by atoms with E-state index in [0.29, 0.717) is 12.1 Å². The number of hydrogen-bond donors (Lipinski definition) is 1. The SMILES string of the molecule is CC(NC1CCN(C2CC2)CC1)c1ccc2c(c1)CCC2. The quantitative estimate of drug-likeness (QED) is 0.911. The first-order chi connectivity index (χ1) is 10.3. The molecule has 1 N–H and O–H groups in total. The van der Waals surface area contributed by atoms with Crippen LogP contribution in [0.15, 0.2) is 18.2 Å². The summed E-state index contributed by atoms with van der Waals surface area (Å²) in [7, 11) is 0. The van der Waals surface area contributed by atoms with Gasteiger partial charge in [0, 0.05) is 18.1 Å². The van der Waals surface area contributed by atoms with Crippen molar-refractivity contribution in [2.75, 3.05) is 13.1 Å². The lowest BCUT2D eigenvalue weighted by atomic mass is 9.99. The van der Waals surface area contributed by atoms with Crippen molar-refractivity contribution in [3.63, 3.8) is 0 Å². The molecule has 0 aromatic heterocycles. The van der Waals surface area contributed by atoms with E-state index >= 15 is 0 Å². The Morgan fingerprint density at radius 1 is 1.05 bits per heavy atom. The number of nitrogens with zero attached hydrogens (tertiary/aromatic N) is 1. The molecule has 2 fully saturated rings. The number of piperidine rings is 1. The van der Waals surface area contributed by atoms with Crippen LogP contribution >= 0.6 is 0 Å². The predicted octanol–water partition coefficient (Wildman–Crippen LogP) is 3.45. The lowest BCUT2D eigenvalue weighted by Crippen LogP contribution is -2.44. The molecule has 0 spiro atoms. The minimum Gasteiger partial charge on any atom is -0.307 e. The van der Waals surface area contributed by atoms with Crippen molar-refractivity contribution in [1.29, 1.82) is 0 Å². The zero-order valence-corrected chi connectivity index (χ0v) is 13.3. The highest BCUT2D eigenvalue weighted by molar-refractivity contribution is 5.36. The number of nitrogens with one attached hydrogen (secondary N) is 1. The van der Waals surface area contributed by atoms with E-state index in [9.17, 15) is 0 Å². The highest BCUT2D eigenvalue weighted by Crippen LogP contribution is 2.30. The van der Waals surface area contributed by atoms with Crippen LogP contribution in [0.3, 0.4) is 0 Å². The lowest BCUT2D eigenvalue weighted by Gasteiger charge is -2.34. The van der Waals surface area contributed by atoms with E-state index < -0.39 is 0 Å². The Balaban J connectivity index is 1.34. The van der Waals surface area contributed by atoms with E-state index in [1.165, 1.54) is 63.6 Å². The average molecular weight is 284 g/mol. The summed E-state index contributed by atoms with van der Waals surface area (Å²) in [6, 6.07) is 9.32. The van der Waals surface area contributed by atoms with Crippen molar-refractivity contribution in [3.8, 4) is 0 Å². The van der Waals surface area contributed by atoms with Crippen LogP contribution in [0.2, 0.25) is 0 Å². The Hall–Kier alpha value is -0.860. The largest absolute Gasteiger partial charge is 0.307 e. The van der Waals surface area contributed by atoms with Crippen LogP contribution in [-0.4, -0.2) is 30.1 Å². The van der Waals surface area contributed by atoms with Crippen molar-refractivity contribution in [3.05, 3.63) is 34.9 Å². The standard InChI is InChI=1S/C19H28N2/c1-14(16-6-5-15-3-2-4-17(15)13-16)20-18-9-11-21(12-10-18)19-7-8-19/h5-6,13-14,18-20H,2-4,7-12H2,1H3. The van der Waals surface area contributed by atoms with Gasteiger partial charge in [-0.25, -0.2) is 0 Å². The summed E-state index contributed by atoms with van der Waals surface area (Å²) in [4.78, 5) is 2.71. The highest BCUT2D eigenvalue weighted by atomic mass is 15.2. The molecule has 0 bridgehead atoms. The van der Waals surface area contributed by atoms with Gasteiger partial charge in [0.15, 0.2) is 0 Å². The number of rotatable bonds is 4. The number of hydrogen-bond acceptors (Lipinski definition) is 2. The third-order valence-electron chi connectivity index (χ3n) is 5.70. The molecule has 3 aliphatic rings. The Morgan fingerprint density at radius 2 is 1.81 bits per heavy atom. The van der Waals surface area contributed by atoms with Crippen molar-refractivity contribution in [2.45, 2.75) is 70.0 Å². The van der Waals surface area contributed by atoms with E-state index in [2.05, 4.69) is 35.3 Å². The van der Waals surface area contributed by atoms with E-state index in [4.69, 9.17) is 0 Å². The maximum absolute atomic E-state index is 3.88. The van der Waals surface area contributed by atoms with Crippen LogP contribution in [0.5, 0.6) is 0 Å². The van der Waals surface area contributed by atoms with Gasteiger partial charge in [-0.3, -0.25) is 0 Å². The minimum atomic E-state index is 0.494. The van der Waals surface area contributed by atoms with Gasteiger partial charge in [0.05, 0.1) is 0 Å². The fourth-order valence-electron chi connectivity index (χ4n) is 4.18. The van der Waals surface area contributed by atoms with Gasteiger partial charge >= 0.3 is 0 Å². The molecule has 2 heteroatoms. The van der Waals surface area contributed by atoms with Crippen molar-refractivity contribution in [1.82, 2.24) is 10.2 Å². The fourth-order valence-corrected chi connectivity index (χ4v) is 4.18. The smallest absolute Gasteiger partial charge is 0.0294 e. The van der Waals surface area contributed by atoms with E-state index in [0.717, 1.165) is 6.04 Å². The van der Waals surface area contributed by atoms with E-state index in [1.807, 2.05) is 0 Å². The van der Waals surface area contributed by atoms with Gasteiger partial charge in [0.1, 0.15) is 0 Å². The van der Waals surface area contributed by atoms with Gasteiger partial charge in [-0.1, -0.05) is 18.2 Å². The van der Waals surface area contributed by atoms with Gasteiger partial charge in [-0.05, 0) is 81.6 Å². The highest BCUT2D eigenvalue weighted by Gasteiger charge is 2.32. The van der Waals surface area contributed by atoms with Crippen LogP contribution in [0, 0.1) is 0 Å². The third-order valence-corrected chi connectivity index (χ3v) is 5.70. The second-order valence-electron chi connectivity index (χ2n) is 7.31. The summed E-state index contributed by atoms with van der Waals surface area (Å²) >= 11 is 0. The lowest BCUT2D eigenvalue weighted by molar-refractivity contribution is 0.184. The molecule has 1 unspecified atom stereocenters. The summed E-state index contributed by atoms with van der Waals surface area (Å²) in [6.07, 6.45) is 9.47. The van der Waals surface area contributed by atoms with Crippen LogP contribution in [0.4, 0.5) is 0 Å². The molecule has 1 aromatic carbocycles. The Kier molecular flexibility index (Phi) is 3.76. The molecule has 1 saturated heterocycles. The number of fused-ring (bicyclic) bond motifs is 1. The molecule has 21 heavy (non-hydrogen) atoms. The topological polar surface area (TPSA) is 15.3 Å². The second-order valence-corrected chi connectivity index (χ2v) is 7.31. The monoisotopic (exact) mass is 284 g/mol. The first-order valence-electron chi connectivity index (χ1n) is 8.91. The Labute approximate surface area is 128 Å². The molecule has 0 radical (unpaired) electrons. The molecule has 4 rings (SSSR count). The molecule has 1 aromatic rings. The second kappa shape index (κ2) is 5.73. The number of benzene rings is 1. The van der Waals surface area contributed by atoms with Crippen LogP contribution in [-0.2, 0) is 12.8 Å². The molecule has 1 aliphatic heterocycles. The summed E-state index contributed by atoms with van der Waals surface area (Å²) in [5.74, 6) is 0. The van der Waals surface area contributed by atoms with Gasteiger partial charge in [0.25, 0.3) is 0 Å². The maximum atomic E-state index is 3.88. The number of aryl methyl sites for hydroxylation is 2. The molecular weight excluding hydrogens is 256 g/mol. The Bertz CT molecular complexity index is 498. The van der Waals surface area contributed by atoms with Gasteiger partial charge in [-0.2, -0.15) is 0 Å². The van der Waals surface area contributed by atoms with Crippen molar-refractivity contribution < 1.29 is 0 Å². The third kappa shape index (κ3) is 3.02. The molecule has 0 amide bonds. The molecule has 114 valence electrons. The normalized spacial score (nSPS) is 25.0. The first-order valence-corrected chi connectivity index (χ1v) is 8.91. The van der Waals surface area contributed by atoms with Gasteiger partial charge in [0.2, 0.25) is 0 Å². The predicted molar refractivity (Wildman–Crippen MR) is 87.6 cm³/mol. The minimum absolute atomic E-state index is 0.494. The van der Waals surface area contributed by atoms with Crippen LogP contribution < -0.4 is 5.32 Å². The average Bonchev–Trinajstić information content (AvgIpc) is 3.25. The fraction of sp³-hybridized carbons (Fsp3) is 0.684. The van der Waals surface area contributed by atoms with Gasteiger partial charge in [-0.15, -0.1) is 0 Å². The first kappa shape index (κ1) is 13.8. The van der Waals surface area contributed by atoms with E-state index in [-0.39, 0.29) is 0 Å². The molecule has 2 aliphatic carbocycles. The van der Waals surface area contributed by atoms with E-state index in [1.54, 1.807) is 11.1 Å². The molecule has 1 saturated carbocycles. The number of likely N-dealkylation sites (tertiary alicyclic amines) is 1. The molecule has 2 nitrogen and oxygen atoms in total. The zero-order valence-electron chi connectivity index (χ0n) is 13.3. The van der Waals surface area contributed by atoms with Crippen molar-refractivity contribution in [2.24, 2.45) is 0 Å². The van der Waals surface area contributed by atoms with Crippen molar-refractivity contribution >= 4 is 0 Å². The molecule has 1 heterocycles. The molecule has 1 atom stereocenters. The van der Waals surface area contributed by atoms with Gasteiger partial charge < -0.3 is 10.2 Å². The zero-order chi connectivity index (χ0) is 14.2. The maximum Gasteiger partial charge on any atom is 0.0294 e. The summed E-state index contributed by atoms with van der Waals surface area (Å²) < 4.78 is 0.